The summed E-state index contributed by atoms with van der Waals surface area (Å²) in [6.07, 6.45) is 3.89. The fourth-order valence-electron chi connectivity index (χ4n) is 1.89. The van der Waals surface area contributed by atoms with Gasteiger partial charge in [0.2, 0.25) is 0 Å². The molecule has 0 N–H and O–H groups in total. The van der Waals surface area contributed by atoms with Crippen LogP contribution in [0.4, 0.5) is 5.82 Å². The normalized spacial score (nSPS) is 11.4. The minimum absolute atomic E-state index is 0.559. The average Bonchev–Trinajstić information content (AvgIpc) is 2.33. The topological polar surface area (TPSA) is 29.0 Å². The molecule has 0 bridgehead atoms. The molecule has 0 atom stereocenters. The Morgan fingerprint density at radius 1 is 1.05 bits per heavy atom. The van der Waals surface area contributed by atoms with Crippen molar-refractivity contribution in [2.45, 2.75) is 47.5 Å². The molecule has 108 valence electrons. The lowest BCUT2D eigenvalue weighted by atomic mass is 10.1. The lowest BCUT2D eigenvalue weighted by Gasteiger charge is -2.26. The maximum absolute atomic E-state index is 6.11. The molecule has 0 saturated carbocycles. The van der Waals surface area contributed by atoms with E-state index in [0.717, 1.165) is 24.5 Å². The van der Waals surface area contributed by atoms with Crippen LogP contribution in [0, 0.1) is 18.8 Å². The Labute approximate surface area is 122 Å². The Balaban J connectivity index is 2.84. The number of halogens is 1. The summed E-state index contributed by atoms with van der Waals surface area (Å²) in [5.74, 6) is 2.37. The number of anilines is 1. The standard InChI is InChI=1S/C15H26ClN3/c1-11(2)6-8-19(9-7-12(3)4)15-13(5)14(16)17-10-18-15/h10-12H,6-9H2,1-5H3. The Bertz CT molecular complexity index is 379. The number of rotatable bonds is 7. The summed E-state index contributed by atoms with van der Waals surface area (Å²) in [4.78, 5) is 10.8. The Hall–Kier alpha value is -0.830. The predicted octanol–water partition coefficient (Wildman–Crippen LogP) is 4.34. The van der Waals surface area contributed by atoms with Crippen LogP contribution in [-0.4, -0.2) is 23.1 Å². The van der Waals surface area contributed by atoms with E-state index in [1.165, 1.54) is 12.8 Å². The van der Waals surface area contributed by atoms with Crippen LogP contribution in [0.1, 0.15) is 46.1 Å². The monoisotopic (exact) mass is 283 g/mol. The smallest absolute Gasteiger partial charge is 0.137 e. The molecule has 0 fully saturated rings. The van der Waals surface area contributed by atoms with Gasteiger partial charge in [-0.2, -0.15) is 0 Å². The van der Waals surface area contributed by atoms with Crippen molar-refractivity contribution in [1.82, 2.24) is 9.97 Å². The number of nitrogens with zero attached hydrogens (tertiary/aromatic N) is 3. The highest BCUT2D eigenvalue weighted by atomic mass is 35.5. The molecule has 0 aliphatic rings. The third-order valence-corrected chi connectivity index (χ3v) is 3.63. The van der Waals surface area contributed by atoms with Crippen molar-refractivity contribution in [2.24, 2.45) is 11.8 Å². The van der Waals surface area contributed by atoms with Crippen molar-refractivity contribution >= 4 is 17.4 Å². The Morgan fingerprint density at radius 3 is 2.05 bits per heavy atom. The van der Waals surface area contributed by atoms with Gasteiger partial charge in [-0.05, 0) is 31.6 Å². The second kappa shape index (κ2) is 7.68. The first-order valence-corrected chi connectivity index (χ1v) is 7.51. The number of hydrogen-bond donors (Lipinski definition) is 0. The maximum atomic E-state index is 6.11. The van der Waals surface area contributed by atoms with Crippen molar-refractivity contribution in [2.75, 3.05) is 18.0 Å². The molecule has 1 heterocycles. The SMILES string of the molecule is Cc1c(Cl)ncnc1N(CCC(C)C)CCC(C)C. The molecule has 3 nitrogen and oxygen atoms in total. The van der Waals surface area contributed by atoms with E-state index in [2.05, 4.69) is 42.6 Å². The summed E-state index contributed by atoms with van der Waals surface area (Å²) in [6.45, 7) is 13.0. The van der Waals surface area contributed by atoms with E-state index in [1.807, 2.05) is 6.92 Å². The third kappa shape index (κ3) is 5.35. The molecular weight excluding hydrogens is 258 g/mol. The highest BCUT2D eigenvalue weighted by Gasteiger charge is 2.14. The second-order valence-corrected chi connectivity index (χ2v) is 6.32. The Morgan fingerprint density at radius 2 is 1.58 bits per heavy atom. The molecular formula is C15H26ClN3. The van der Waals surface area contributed by atoms with Crippen LogP contribution in [0.2, 0.25) is 5.15 Å². The van der Waals surface area contributed by atoms with E-state index in [9.17, 15) is 0 Å². The lowest BCUT2D eigenvalue weighted by molar-refractivity contribution is 0.532. The highest BCUT2D eigenvalue weighted by molar-refractivity contribution is 6.30. The molecule has 0 unspecified atom stereocenters. The van der Waals surface area contributed by atoms with Crippen LogP contribution >= 0.6 is 11.6 Å². The van der Waals surface area contributed by atoms with E-state index >= 15 is 0 Å². The summed E-state index contributed by atoms with van der Waals surface area (Å²) in [6, 6.07) is 0. The zero-order chi connectivity index (χ0) is 14.4. The second-order valence-electron chi connectivity index (χ2n) is 5.97. The van der Waals surface area contributed by atoms with Crippen molar-refractivity contribution in [3.63, 3.8) is 0 Å². The van der Waals surface area contributed by atoms with Gasteiger partial charge in [0.25, 0.3) is 0 Å². The van der Waals surface area contributed by atoms with Crippen LogP contribution in [-0.2, 0) is 0 Å². The molecule has 0 amide bonds. The van der Waals surface area contributed by atoms with Crippen molar-refractivity contribution < 1.29 is 0 Å². The lowest BCUT2D eigenvalue weighted by Crippen LogP contribution is -2.29. The molecule has 0 aromatic carbocycles. The quantitative estimate of drug-likeness (QED) is 0.697. The third-order valence-electron chi connectivity index (χ3n) is 3.25. The zero-order valence-electron chi connectivity index (χ0n) is 12.8. The van der Waals surface area contributed by atoms with Gasteiger partial charge >= 0.3 is 0 Å². The fraction of sp³-hybridized carbons (Fsp3) is 0.733. The van der Waals surface area contributed by atoms with Crippen LogP contribution in [0.5, 0.6) is 0 Å². The molecule has 0 aliphatic heterocycles. The van der Waals surface area contributed by atoms with Gasteiger partial charge in [0, 0.05) is 18.7 Å². The van der Waals surface area contributed by atoms with E-state index < -0.39 is 0 Å². The predicted molar refractivity (Wildman–Crippen MR) is 82.9 cm³/mol. The first kappa shape index (κ1) is 16.2. The molecule has 0 saturated heterocycles. The van der Waals surface area contributed by atoms with E-state index in [4.69, 9.17) is 11.6 Å². The number of hydrogen-bond acceptors (Lipinski definition) is 3. The van der Waals surface area contributed by atoms with Crippen LogP contribution < -0.4 is 4.90 Å². The van der Waals surface area contributed by atoms with Crippen LogP contribution in [0.3, 0.4) is 0 Å². The molecule has 1 aromatic rings. The van der Waals surface area contributed by atoms with Gasteiger partial charge in [-0.1, -0.05) is 39.3 Å². The minimum atomic E-state index is 0.559. The molecule has 1 aromatic heterocycles. The Kier molecular flexibility index (Phi) is 6.56. The summed E-state index contributed by atoms with van der Waals surface area (Å²) < 4.78 is 0. The molecule has 0 aliphatic carbocycles. The largest absolute Gasteiger partial charge is 0.356 e. The van der Waals surface area contributed by atoms with E-state index in [-0.39, 0.29) is 0 Å². The van der Waals surface area contributed by atoms with Crippen LogP contribution in [0.25, 0.3) is 0 Å². The van der Waals surface area contributed by atoms with Gasteiger partial charge in [0.1, 0.15) is 17.3 Å². The average molecular weight is 284 g/mol. The summed E-state index contributed by atoms with van der Waals surface area (Å²) in [7, 11) is 0. The molecule has 0 radical (unpaired) electrons. The van der Waals surface area contributed by atoms with Gasteiger partial charge in [0.15, 0.2) is 0 Å². The molecule has 4 heteroatoms. The van der Waals surface area contributed by atoms with Gasteiger partial charge < -0.3 is 4.90 Å². The van der Waals surface area contributed by atoms with Crippen molar-refractivity contribution in [1.29, 1.82) is 0 Å². The van der Waals surface area contributed by atoms with Gasteiger partial charge in [-0.25, -0.2) is 9.97 Å². The minimum Gasteiger partial charge on any atom is -0.356 e. The number of aromatic nitrogens is 2. The van der Waals surface area contributed by atoms with Crippen molar-refractivity contribution in [3.8, 4) is 0 Å². The summed E-state index contributed by atoms with van der Waals surface area (Å²) >= 11 is 6.11. The molecule has 0 spiro atoms. The fourth-order valence-corrected chi connectivity index (χ4v) is 2.02. The summed E-state index contributed by atoms with van der Waals surface area (Å²) in [5.41, 5.74) is 0.983. The highest BCUT2D eigenvalue weighted by Crippen LogP contribution is 2.23. The summed E-state index contributed by atoms with van der Waals surface area (Å²) in [5, 5.41) is 0.559. The van der Waals surface area contributed by atoms with Crippen molar-refractivity contribution in [3.05, 3.63) is 17.0 Å². The molecule has 19 heavy (non-hydrogen) atoms. The molecule has 1 rings (SSSR count). The van der Waals surface area contributed by atoms with E-state index in [1.54, 1.807) is 6.33 Å². The van der Waals surface area contributed by atoms with Crippen LogP contribution in [0.15, 0.2) is 6.33 Å². The van der Waals surface area contributed by atoms with Gasteiger partial charge in [-0.3, -0.25) is 0 Å². The first-order valence-electron chi connectivity index (χ1n) is 7.13. The zero-order valence-corrected chi connectivity index (χ0v) is 13.5. The first-order chi connectivity index (χ1) is 8.91. The maximum Gasteiger partial charge on any atom is 0.137 e. The van der Waals surface area contributed by atoms with Gasteiger partial charge in [-0.15, -0.1) is 0 Å². The van der Waals surface area contributed by atoms with E-state index in [0.29, 0.717) is 17.0 Å². The van der Waals surface area contributed by atoms with Gasteiger partial charge in [0.05, 0.1) is 0 Å².